The molecule has 0 N–H and O–H groups in total. The number of rotatable bonds is 5. The van der Waals surface area contributed by atoms with E-state index in [1.165, 1.54) is 4.31 Å². The largest absolute Gasteiger partial charge is 0.265 e. The lowest BCUT2D eigenvalue weighted by molar-refractivity contribution is 0.473. The number of likely N-dealkylation sites (N-methyl/N-ethyl adjacent to an activating group) is 1. The highest BCUT2D eigenvalue weighted by Gasteiger charge is 2.13. The van der Waals surface area contributed by atoms with Crippen LogP contribution in [0.2, 0.25) is 0 Å². The van der Waals surface area contributed by atoms with Gasteiger partial charge >= 0.3 is 0 Å². The van der Waals surface area contributed by atoms with E-state index in [0.29, 0.717) is 6.54 Å². The second-order valence-corrected chi connectivity index (χ2v) is 5.69. The zero-order valence-electron chi connectivity index (χ0n) is 9.05. The van der Waals surface area contributed by atoms with Crippen molar-refractivity contribution in [2.45, 2.75) is 13.3 Å². The quantitative estimate of drug-likeness (QED) is 0.752. The van der Waals surface area contributed by atoms with Gasteiger partial charge in [0.15, 0.2) is 0 Å². The number of sulfonamides is 1. The fourth-order valence-electron chi connectivity index (χ4n) is 1.20. The predicted octanol–water partition coefficient (Wildman–Crippen LogP) is 0.906. The SMILES string of the molecule is CCS(=O)(=O)N(C)CCc1ccncc1. The molecule has 0 spiro atoms. The van der Waals surface area contributed by atoms with Crippen LogP contribution in [0.25, 0.3) is 0 Å². The Morgan fingerprint density at radius 2 is 1.93 bits per heavy atom. The van der Waals surface area contributed by atoms with Gasteiger partial charge in [-0.2, -0.15) is 0 Å². The molecule has 0 unspecified atom stereocenters. The van der Waals surface area contributed by atoms with E-state index in [1.807, 2.05) is 12.1 Å². The summed E-state index contributed by atoms with van der Waals surface area (Å²) in [5, 5.41) is 0. The Balaban J connectivity index is 2.52. The van der Waals surface area contributed by atoms with Gasteiger partial charge in [0.05, 0.1) is 5.75 Å². The minimum absolute atomic E-state index is 0.153. The number of pyridine rings is 1. The van der Waals surface area contributed by atoms with Crippen molar-refractivity contribution in [1.82, 2.24) is 9.29 Å². The van der Waals surface area contributed by atoms with Gasteiger partial charge in [-0.15, -0.1) is 0 Å². The maximum atomic E-state index is 11.4. The standard InChI is InChI=1S/C10H16N2O2S/c1-3-15(13,14)12(2)9-6-10-4-7-11-8-5-10/h4-5,7-8H,3,6,9H2,1-2H3. The van der Waals surface area contributed by atoms with Crippen molar-refractivity contribution in [1.29, 1.82) is 0 Å². The number of hydrogen-bond acceptors (Lipinski definition) is 3. The molecule has 0 amide bonds. The fraction of sp³-hybridized carbons (Fsp3) is 0.500. The summed E-state index contributed by atoms with van der Waals surface area (Å²) in [5.74, 6) is 0.153. The molecule has 0 atom stereocenters. The zero-order valence-corrected chi connectivity index (χ0v) is 9.87. The van der Waals surface area contributed by atoms with E-state index in [0.717, 1.165) is 12.0 Å². The fourth-order valence-corrected chi connectivity index (χ4v) is 2.01. The Hall–Kier alpha value is -0.940. The molecule has 1 rings (SSSR count). The minimum atomic E-state index is -3.05. The Labute approximate surface area is 91.0 Å². The van der Waals surface area contributed by atoms with Crippen molar-refractivity contribution in [2.75, 3.05) is 19.3 Å². The summed E-state index contributed by atoms with van der Waals surface area (Å²) in [5.41, 5.74) is 1.10. The molecule has 84 valence electrons. The van der Waals surface area contributed by atoms with Gasteiger partial charge < -0.3 is 0 Å². The van der Waals surface area contributed by atoms with Crippen molar-refractivity contribution < 1.29 is 8.42 Å². The molecule has 0 fully saturated rings. The van der Waals surface area contributed by atoms with Gasteiger partial charge in [-0.25, -0.2) is 12.7 Å². The van der Waals surface area contributed by atoms with Crippen molar-refractivity contribution in [3.05, 3.63) is 30.1 Å². The lowest BCUT2D eigenvalue weighted by Gasteiger charge is -2.15. The number of aromatic nitrogens is 1. The van der Waals surface area contributed by atoms with Crippen molar-refractivity contribution in [3.63, 3.8) is 0 Å². The van der Waals surface area contributed by atoms with Crippen molar-refractivity contribution >= 4 is 10.0 Å². The Kier molecular flexibility index (Phi) is 4.23. The molecule has 0 radical (unpaired) electrons. The van der Waals surface area contributed by atoms with Gasteiger partial charge in [0.2, 0.25) is 10.0 Å². The van der Waals surface area contributed by atoms with Crippen LogP contribution in [0, 0.1) is 0 Å². The van der Waals surface area contributed by atoms with Gasteiger partial charge in [-0.1, -0.05) is 0 Å². The van der Waals surface area contributed by atoms with E-state index >= 15 is 0 Å². The van der Waals surface area contributed by atoms with E-state index in [-0.39, 0.29) is 5.75 Å². The molecule has 1 aromatic rings. The molecule has 5 heteroatoms. The monoisotopic (exact) mass is 228 g/mol. The van der Waals surface area contributed by atoms with Crippen LogP contribution in [0.4, 0.5) is 0 Å². The van der Waals surface area contributed by atoms with E-state index < -0.39 is 10.0 Å². The van der Waals surface area contributed by atoms with Crippen molar-refractivity contribution in [2.24, 2.45) is 0 Å². The summed E-state index contributed by atoms with van der Waals surface area (Å²) in [6.45, 7) is 2.17. The maximum Gasteiger partial charge on any atom is 0.213 e. The van der Waals surface area contributed by atoms with Crippen LogP contribution >= 0.6 is 0 Å². The normalized spacial score (nSPS) is 11.9. The first-order valence-electron chi connectivity index (χ1n) is 4.89. The molecular formula is C10H16N2O2S. The average molecular weight is 228 g/mol. The third-order valence-corrected chi connectivity index (χ3v) is 4.17. The summed E-state index contributed by atoms with van der Waals surface area (Å²) >= 11 is 0. The lowest BCUT2D eigenvalue weighted by Crippen LogP contribution is -2.30. The Bertz CT molecular complexity index is 389. The van der Waals surface area contributed by atoms with E-state index in [2.05, 4.69) is 4.98 Å². The molecular weight excluding hydrogens is 212 g/mol. The van der Waals surface area contributed by atoms with E-state index in [9.17, 15) is 8.42 Å². The van der Waals surface area contributed by atoms with Gasteiger partial charge in [-0.05, 0) is 31.0 Å². The van der Waals surface area contributed by atoms with Gasteiger partial charge in [-0.3, -0.25) is 4.98 Å². The molecule has 0 aromatic carbocycles. The smallest absolute Gasteiger partial charge is 0.213 e. The second kappa shape index (κ2) is 5.23. The highest BCUT2D eigenvalue weighted by molar-refractivity contribution is 7.89. The van der Waals surface area contributed by atoms with Crippen LogP contribution in [-0.4, -0.2) is 37.1 Å². The highest BCUT2D eigenvalue weighted by atomic mass is 32.2. The highest BCUT2D eigenvalue weighted by Crippen LogP contribution is 2.02. The Morgan fingerprint density at radius 3 is 2.47 bits per heavy atom. The average Bonchev–Trinajstić information content (AvgIpc) is 2.27. The molecule has 0 saturated heterocycles. The molecule has 15 heavy (non-hydrogen) atoms. The van der Waals surface area contributed by atoms with Crippen molar-refractivity contribution in [3.8, 4) is 0 Å². The maximum absolute atomic E-state index is 11.4. The van der Waals surface area contributed by atoms with Crippen LogP contribution in [0.5, 0.6) is 0 Å². The summed E-state index contributed by atoms with van der Waals surface area (Å²) in [6, 6.07) is 3.79. The molecule has 0 bridgehead atoms. The molecule has 0 aliphatic carbocycles. The van der Waals surface area contributed by atoms with Crippen LogP contribution in [-0.2, 0) is 16.4 Å². The third-order valence-electron chi connectivity index (χ3n) is 2.30. The minimum Gasteiger partial charge on any atom is -0.265 e. The van der Waals surface area contributed by atoms with Gasteiger partial charge in [0.25, 0.3) is 0 Å². The Morgan fingerprint density at radius 1 is 1.33 bits per heavy atom. The third kappa shape index (κ3) is 3.60. The molecule has 4 nitrogen and oxygen atoms in total. The predicted molar refractivity (Wildman–Crippen MR) is 60.0 cm³/mol. The zero-order chi connectivity index (χ0) is 11.3. The van der Waals surface area contributed by atoms with E-state index in [4.69, 9.17) is 0 Å². The van der Waals surface area contributed by atoms with E-state index in [1.54, 1.807) is 26.4 Å². The molecule has 0 saturated carbocycles. The summed E-state index contributed by atoms with van der Waals surface area (Å²) in [4.78, 5) is 3.91. The molecule has 1 heterocycles. The van der Waals surface area contributed by atoms with Crippen LogP contribution in [0.15, 0.2) is 24.5 Å². The summed E-state index contributed by atoms with van der Waals surface area (Å²) in [7, 11) is -1.44. The molecule has 0 aliphatic heterocycles. The molecule has 0 aliphatic rings. The van der Waals surface area contributed by atoms with Crippen LogP contribution in [0.3, 0.4) is 0 Å². The number of hydrogen-bond donors (Lipinski definition) is 0. The lowest BCUT2D eigenvalue weighted by atomic mass is 10.2. The van der Waals surface area contributed by atoms with Crippen LogP contribution < -0.4 is 0 Å². The van der Waals surface area contributed by atoms with Gasteiger partial charge in [0.1, 0.15) is 0 Å². The van der Waals surface area contributed by atoms with Gasteiger partial charge in [0, 0.05) is 26.0 Å². The summed E-state index contributed by atoms with van der Waals surface area (Å²) < 4.78 is 24.3. The first kappa shape index (κ1) is 12.1. The first-order chi connectivity index (χ1) is 7.06. The second-order valence-electron chi connectivity index (χ2n) is 3.33. The topological polar surface area (TPSA) is 50.3 Å². The van der Waals surface area contributed by atoms with Crippen LogP contribution in [0.1, 0.15) is 12.5 Å². The first-order valence-corrected chi connectivity index (χ1v) is 6.50. The number of nitrogens with zero attached hydrogens (tertiary/aromatic N) is 2. The summed E-state index contributed by atoms with van der Waals surface area (Å²) in [6.07, 6.45) is 4.14. The molecule has 1 aromatic heterocycles.